The smallest absolute Gasteiger partial charge is 0.258 e. The van der Waals surface area contributed by atoms with Gasteiger partial charge in [0.2, 0.25) is 5.91 Å². The molecule has 0 saturated heterocycles. The molecule has 0 bridgehead atoms. The molecule has 2 aromatic rings. The lowest BCUT2D eigenvalue weighted by molar-refractivity contribution is -0.120. The van der Waals surface area contributed by atoms with Crippen LogP contribution >= 0.6 is 24.2 Å². The monoisotopic (exact) mass is 382 g/mol. The first-order valence-corrected chi connectivity index (χ1v) is 9.37. The lowest BCUT2D eigenvalue weighted by Crippen LogP contribution is -2.38. The van der Waals surface area contributed by atoms with Crippen molar-refractivity contribution < 1.29 is 4.79 Å². The summed E-state index contributed by atoms with van der Waals surface area (Å²) in [4.78, 5) is 31.0. The molecule has 0 radical (unpaired) electrons. The Hall–Kier alpha value is -1.57. The Morgan fingerprint density at radius 1 is 1.40 bits per heavy atom. The normalized spacial score (nSPS) is 14.8. The number of fused-ring (bicyclic) bond motifs is 1. The number of carbonyl (C=O) groups excluding carboxylic acids is 1. The molecule has 4 N–H and O–H groups in total. The number of nitrogens with zero attached hydrogens (tertiary/aromatic N) is 1. The van der Waals surface area contributed by atoms with Crippen molar-refractivity contribution in [3.63, 3.8) is 0 Å². The molecule has 0 spiro atoms. The third-order valence-corrected chi connectivity index (χ3v) is 5.11. The zero-order valence-electron chi connectivity index (χ0n) is 13.9. The van der Waals surface area contributed by atoms with Crippen LogP contribution < -0.4 is 16.6 Å². The lowest BCUT2D eigenvalue weighted by Gasteiger charge is -2.11. The number of amides is 1. The Bertz CT molecular complexity index is 779. The van der Waals surface area contributed by atoms with E-state index in [9.17, 15) is 9.59 Å². The number of halogens is 1. The van der Waals surface area contributed by atoms with E-state index in [2.05, 4.69) is 15.3 Å². The Kier molecular flexibility index (Phi) is 7.28. The maximum Gasteiger partial charge on any atom is 0.258 e. The number of aromatic nitrogens is 2. The van der Waals surface area contributed by atoms with Gasteiger partial charge in [0.25, 0.3) is 5.56 Å². The summed E-state index contributed by atoms with van der Waals surface area (Å²) in [6.45, 7) is 0.563. The summed E-state index contributed by atoms with van der Waals surface area (Å²) in [5, 5.41) is 3.48. The molecule has 1 atom stereocenters. The second-order valence-electron chi connectivity index (χ2n) is 6.14. The van der Waals surface area contributed by atoms with E-state index in [4.69, 9.17) is 5.73 Å². The maximum atomic E-state index is 12.0. The van der Waals surface area contributed by atoms with E-state index in [1.807, 2.05) is 18.2 Å². The van der Waals surface area contributed by atoms with Crippen LogP contribution in [0.1, 0.15) is 25.1 Å². The lowest BCUT2D eigenvalue weighted by atomic mass is 10.2. The van der Waals surface area contributed by atoms with Crippen LogP contribution in [0.25, 0.3) is 10.9 Å². The van der Waals surface area contributed by atoms with Crippen molar-refractivity contribution in [2.75, 3.05) is 12.3 Å². The molecule has 1 saturated carbocycles. The van der Waals surface area contributed by atoms with Gasteiger partial charge >= 0.3 is 0 Å². The number of para-hydroxylation sites is 1. The van der Waals surface area contributed by atoms with E-state index in [0.717, 1.165) is 0 Å². The van der Waals surface area contributed by atoms with Crippen LogP contribution in [0.5, 0.6) is 0 Å². The molecule has 136 valence electrons. The number of benzene rings is 1. The van der Waals surface area contributed by atoms with Crippen LogP contribution in [0.3, 0.4) is 0 Å². The molecule has 1 aliphatic carbocycles. The van der Waals surface area contributed by atoms with Crippen molar-refractivity contribution in [3.8, 4) is 0 Å². The summed E-state index contributed by atoms with van der Waals surface area (Å²) in [6, 6.07) is 7.36. The van der Waals surface area contributed by atoms with Crippen LogP contribution in [-0.4, -0.2) is 34.2 Å². The van der Waals surface area contributed by atoms with E-state index in [1.54, 1.807) is 17.8 Å². The standard InChI is InChI=1S/C17H22N4O2S.ClH/c18-13(11-5-6-11)9-19-16(22)7-8-24-10-15-20-14-4-2-1-3-12(14)17(23)21-15;/h1-4,11,13H,5-10,18H2,(H,19,22)(H,20,21,23);1H. The largest absolute Gasteiger partial charge is 0.355 e. The van der Waals surface area contributed by atoms with Gasteiger partial charge in [-0.25, -0.2) is 4.98 Å². The third-order valence-electron chi connectivity index (χ3n) is 4.14. The van der Waals surface area contributed by atoms with Gasteiger partial charge in [-0.2, -0.15) is 11.8 Å². The molecule has 1 amide bonds. The van der Waals surface area contributed by atoms with Gasteiger partial charge in [-0.05, 0) is 30.9 Å². The van der Waals surface area contributed by atoms with Crippen molar-refractivity contribution in [2.45, 2.75) is 31.1 Å². The molecule has 1 aromatic carbocycles. The van der Waals surface area contributed by atoms with Gasteiger partial charge < -0.3 is 16.0 Å². The number of hydrogen-bond acceptors (Lipinski definition) is 5. The highest BCUT2D eigenvalue weighted by Gasteiger charge is 2.28. The molecule has 6 nitrogen and oxygen atoms in total. The van der Waals surface area contributed by atoms with E-state index < -0.39 is 0 Å². The predicted molar refractivity (Wildman–Crippen MR) is 104 cm³/mol. The van der Waals surface area contributed by atoms with Gasteiger partial charge in [0, 0.05) is 24.8 Å². The average molecular weight is 383 g/mol. The van der Waals surface area contributed by atoms with Gasteiger partial charge in [0.05, 0.1) is 16.7 Å². The Labute approximate surface area is 156 Å². The number of H-pyrrole nitrogens is 1. The molecule has 1 aliphatic rings. The fraction of sp³-hybridized carbons (Fsp3) is 0.471. The summed E-state index contributed by atoms with van der Waals surface area (Å²) >= 11 is 1.58. The summed E-state index contributed by atoms with van der Waals surface area (Å²) in [5.74, 6) is 2.52. The van der Waals surface area contributed by atoms with E-state index in [0.29, 0.717) is 47.1 Å². The zero-order valence-corrected chi connectivity index (χ0v) is 15.5. The minimum Gasteiger partial charge on any atom is -0.355 e. The van der Waals surface area contributed by atoms with Crippen LogP contribution in [-0.2, 0) is 10.5 Å². The minimum absolute atomic E-state index is 0. The van der Waals surface area contributed by atoms with Crippen LogP contribution in [0.4, 0.5) is 0 Å². The minimum atomic E-state index is -0.122. The Morgan fingerprint density at radius 3 is 2.92 bits per heavy atom. The quantitative estimate of drug-likeness (QED) is 0.604. The van der Waals surface area contributed by atoms with E-state index >= 15 is 0 Å². The number of carbonyl (C=O) groups is 1. The summed E-state index contributed by atoms with van der Waals surface area (Å²) in [7, 11) is 0. The molecular weight excluding hydrogens is 360 g/mol. The van der Waals surface area contributed by atoms with Crippen LogP contribution in [0.15, 0.2) is 29.1 Å². The number of thioether (sulfide) groups is 1. The van der Waals surface area contributed by atoms with Gasteiger partial charge in [-0.3, -0.25) is 9.59 Å². The van der Waals surface area contributed by atoms with Crippen molar-refractivity contribution in [2.24, 2.45) is 11.7 Å². The second kappa shape index (κ2) is 9.22. The SMILES string of the molecule is Cl.NC(CNC(=O)CCSCc1nc2ccccc2c(=O)[nH]1)C1CC1. The molecule has 3 rings (SSSR count). The highest BCUT2D eigenvalue weighted by atomic mass is 35.5. The highest BCUT2D eigenvalue weighted by Crippen LogP contribution is 2.31. The number of rotatable bonds is 8. The summed E-state index contributed by atoms with van der Waals surface area (Å²) < 4.78 is 0. The summed E-state index contributed by atoms with van der Waals surface area (Å²) in [6.07, 6.45) is 2.81. The number of nitrogens with two attached hydrogens (primary N) is 1. The highest BCUT2D eigenvalue weighted by molar-refractivity contribution is 7.98. The molecular formula is C17H23ClN4O2S. The van der Waals surface area contributed by atoms with Gasteiger partial charge in [-0.1, -0.05) is 12.1 Å². The van der Waals surface area contributed by atoms with Crippen molar-refractivity contribution in [3.05, 3.63) is 40.4 Å². The third kappa shape index (κ3) is 5.73. The average Bonchev–Trinajstić information content (AvgIpc) is 3.42. The second-order valence-corrected chi connectivity index (χ2v) is 7.24. The number of hydrogen-bond donors (Lipinski definition) is 3. The van der Waals surface area contributed by atoms with Crippen molar-refractivity contribution >= 4 is 41.0 Å². The summed E-state index contributed by atoms with van der Waals surface area (Å²) in [5.41, 5.74) is 6.53. The molecule has 1 fully saturated rings. The predicted octanol–water partition coefficient (Wildman–Crippen LogP) is 1.82. The molecule has 8 heteroatoms. The fourth-order valence-electron chi connectivity index (χ4n) is 2.55. The first kappa shape index (κ1) is 19.8. The zero-order chi connectivity index (χ0) is 16.9. The molecule has 0 aliphatic heterocycles. The topological polar surface area (TPSA) is 101 Å². The molecule has 1 aromatic heterocycles. The molecule has 1 heterocycles. The first-order valence-electron chi connectivity index (χ1n) is 8.21. The molecule has 25 heavy (non-hydrogen) atoms. The van der Waals surface area contributed by atoms with Crippen molar-refractivity contribution in [1.82, 2.24) is 15.3 Å². The van der Waals surface area contributed by atoms with Crippen LogP contribution in [0, 0.1) is 5.92 Å². The number of aromatic amines is 1. The van der Waals surface area contributed by atoms with Crippen molar-refractivity contribution in [1.29, 1.82) is 0 Å². The van der Waals surface area contributed by atoms with Gasteiger partial charge in [-0.15, -0.1) is 12.4 Å². The van der Waals surface area contributed by atoms with Gasteiger partial charge in [0.1, 0.15) is 5.82 Å². The Balaban J connectivity index is 0.00000225. The van der Waals surface area contributed by atoms with E-state index in [-0.39, 0.29) is 29.9 Å². The van der Waals surface area contributed by atoms with E-state index in [1.165, 1.54) is 12.8 Å². The van der Waals surface area contributed by atoms with Gasteiger partial charge in [0.15, 0.2) is 0 Å². The first-order chi connectivity index (χ1) is 11.6. The fourth-order valence-corrected chi connectivity index (χ4v) is 3.35. The maximum absolute atomic E-state index is 12.0. The number of nitrogens with one attached hydrogen (secondary N) is 2. The molecule has 1 unspecified atom stereocenters. The van der Waals surface area contributed by atoms with Crippen LogP contribution in [0.2, 0.25) is 0 Å². The Morgan fingerprint density at radius 2 is 2.16 bits per heavy atom.